The molecule has 7 nitrogen and oxygen atoms in total. The van der Waals surface area contributed by atoms with Crippen LogP contribution in [0.5, 0.6) is 0 Å². The number of imidazole rings is 1. The Labute approximate surface area is 176 Å². The Bertz CT molecular complexity index is 1130. The van der Waals surface area contributed by atoms with Gasteiger partial charge in [0.25, 0.3) is 0 Å². The predicted octanol–water partition coefficient (Wildman–Crippen LogP) is 2.95. The monoisotopic (exact) mass is 401 g/mol. The number of rotatable bonds is 7. The zero-order valence-corrected chi connectivity index (χ0v) is 17.4. The van der Waals surface area contributed by atoms with E-state index in [2.05, 4.69) is 66.7 Å². The second-order valence-corrected chi connectivity index (χ2v) is 7.12. The van der Waals surface area contributed by atoms with Crippen LogP contribution in [0.15, 0.2) is 72.0 Å². The number of aliphatic imine (C=N–C) groups is 1. The first-order chi connectivity index (χ1) is 14.7. The van der Waals surface area contributed by atoms with Crippen LogP contribution in [-0.2, 0) is 19.6 Å². The number of nitrogens with zero attached hydrogens (tertiary/aromatic N) is 5. The van der Waals surface area contributed by atoms with Crippen molar-refractivity contribution in [2.45, 2.75) is 26.6 Å². The topological polar surface area (TPSA) is 72.1 Å². The third-order valence-electron chi connectivity index (χ3n) is 5.15. The molecule has 0 fully saturated rings. The third kappa shape index (κ3) is 4.51. The molecular weight excluding hydrogens is 374 g/mol. The summed E-state index contributed by atoms with van der Waals surface area (Å²) in [5.74, 6) is 1.81. The SMILES string of the molecule is CN=C(NCCn1c(C)nc2ccccc21)NCc1ccccc1Cn1cccn1. The highest BCUT2D eigenvalue weighted by atomic mass is 15.3. The number of aromatic nitrogens is 4. The van der Waals surface area contributed by atoms with Gasteiger partial charge >= 0.3 is 0 Å². The minimum absolute atomic E-state index is 0.699. The average molecular weight is 402 g/mol. The van der Waals surface area contributed by atoms with Crippen LogP contribution in [0.3, 0.4) is 0 Å². The Morgan fingerprint density at radius 2 is 1.80 bits per heavy atom. The first-order valence-corrected chi connectivity index (χ1v) is 10.1. The molecule has 0 atom stereocenters. The van der Waals surface area contributed by atoms with Crippen molar-refractivity contribution in [3.63, 3.8) is 0 Å². The lowest BCUT2D eigenvalue weighted by Gasteiger charge is -2.15. The van der Waals surface area contributed by atoms with E-state index in [9.17, 15) is 0 Å². The molecule has 0 bridgehead atoms. The molecule has 0 radical (unpaired) electrons. The maximum atomic E-state index is 4.63. The molecule has 4 rings (SSSR count). The van der Waals surface area contributed by atoms with E-state index in [1.54, 1.807) is 13.2 Å². The van der Waals surface area contributed by atoms with Gasteiger partial charge in [-0.3, -0.25) is 9.67 Å². The molecule has 0 unspecified atom stereocenters. The van der Waals surface area contributed by atoms with Crippen LogP contribution in [0.25, 0.3) is 11.0 Å². The van der Waals surface area contributed by atoms with Gasteiger partial charge in [-0.25, -0.2) is 4.98 Å². The van der Waals surface area contributed by atoms with E-state index in [1.165, 1.54) is 11.1 Å². The maximum Gasteiger partial charge on any atom is 0.191 e. The Kier molecular flexibility index (Phi) is 6.08. The van der Waals surface area contributed by atoms with Crippen LogP contribution in [0, 0.1) is 6.92 Å². The molecule has 7 heteroatoms. The normalized spacial score (nSPS) is 11.7. The molecule has 154 valence electrons. The summed E-state index contributed by atoms with van der Waals surface area (Å²) < 4.78 is 4.17. The van der Waals surface area contributed by atoms with Gasteiger partial charge in [-0.05, 0) is 36.2 Å². The molecule has 4 aromatic rings. The lowest BCUT2D eigenvalue weighted by Crippen LogP contribution is -2.38. The zero-order valence-electron chi connectivity index (χ0n) is 17.4. The summed E-state index contributed by atoms with van der Waals surface area (Å²) in [6.07, 6.45) is 3.78. The number of nitrogens with one attached hydrogen (secondary N) is 2. The minimum Gasteiger partial charge on any atom is -0.355 e. The quantitative estimate of drug-likeness (QED) is 0.369. The largest absolute Gasteiger partial charge is 0.355 e. The molecule has 0 aliphatic rings. The Hall–Kier alpha value is -3.61. The smallest absolute Gasteiger partial charge is 0.191 e. The van der Waals surface area contributed by atoms with Crippen molar-refractivity contribution in [2.24, 2.45) is 4.99 Å². The van der Waals surface area contributed by atoms with Crippen molar-refractivity contribution >= 4 is 17.0 Å². The molecule has 0 aliphatic heterocycles. The van der Waals surface area contributed by atoms with Gasteiger partial charge in [0.1, 0.15) is 5.82 Å². The number of hydrogen-bond acceptors (Lipinski definition) is 3. The standard InChI is InChI=1S/C23H27N7/c1-18-28-21-10-5-6-11-22(21)30(18)15-13-25-23(24-2)26-16-19-8-3-4-9-20(19)17-29-14-7-12-27-29/h3-12,14H,13,15-17H2,1-2H3,(H2,24,25,26). The van der Waals surface area contributed by atoms with E-state index in [0.29, 0.717) is 6.54 Å². The van der Waals surface area contributed by atoms with E-state index in [-0.39, 0.29) is 0 Å². The molecule has 0 saturated carbocycles. The fourth-order valence-corrected chi connectivity index (χ4v) is 3.62. The number of hydrogen-bond donors (Lipinski definition) is 2. The molecule has 2 aromatic heterocycles. The van der Waals surface area contributed by atoms with Crippen LogP contribution < -0.4 is 10.6 Å². The molecule has 0 saturated heterocycles. The Morgan fingerprint density at radius 3 is 2.60 bits per heavy atom. The van der Waals surface area contributed by atoms with Gasteiger partial charge in [0.15, 0.2) is 5.96 Å². The molecule has 0 amide bonds. The van der Waals surface area contributed by atoms with E-state index in [0.717, 1.165) is 42.5 Å². The van der Waals surface area contributed by atoms with Crippen LogP contribution in [0.1, 0.15) is 17.0 Å². The molecule has 2 heterocycles. The van der Waals surface area contributed by atoms with Gasteiger partial charge in [-0.15, -0.1) is 0 Å². The van der Waals surface area contributed by atoms with Gasteiger partial charge in [-0.1, -0.05) is 36.4 Å². The van der Waals surface area contributed by atoms with Crippen molar-refractivity contribution in [3.05, 3.63) is 83.9 Å². The molecule has 2 N–H and O–H groups in total. The van der Waals surface area contributed by atoms with Gasteiger partial charge in [0.05, 0.1) is 17.6 Å². The van der Waals surface area contributed by atoms with E-state index < -0.39 is 0 Å². The Morgan fingerprint density at radius 1 is 1.00 bits per heavy atom. The summed E-state index contributed by atoms with van der Waals surface area (Å²) >= 11 is 0. The van der Waals surface area contributed by atoms with Crippen molar-refractivity contribution in [1.82, 2.24) is 30.0 Å². The number of guanidine groups is 1. The van der Waals surface area contributed by atoms with Gasteiger partial charge < -0.3 is 15.2 Å². The lowest BCUT2D eigenvalue weighted by molar-refractivity contribution is 0.657. The molecule has 2 aromatic carbocycles. The summed E-state index contributed by atoms with van der Waals surface area (Å²) in [7, 11) is 1.79. The number of fused-ring (bicyclic) bond motifs is 1. The van der Waals surface area contributed by atoms with E-state index in [1.807, 2.05) is 36.0 Å². The van der Waals surface area contributed by atoms with Crippen molar-refractivity contribution in [1.29, 1.82) is 0 Å². The van der Waals surface area contributed by atoms with E-state index >= 15 is 0 Å². The predicted molar refractivity (Wildman–Crippen MR) is 120 cm³/mol. The van der Waals surface area contributed by atoms with Gasteiger partial charge in [-0.2, -0.15) is 5.10 Å². The second-order valence-electron chi connectivity index (χ2n) is 7.12. The summed E-state index contributed by atoms with van der Waals surface area (Å²) in [5, 5.41) is 11.1. The molecule has 0 aliphatic carbocycles. The van der Waals surface area contributed by atoms with Crippen LogP contribution in [-0.4, -0.2) is 38.9 Å². The van der Waals surface area contributed by atoms with Gasteiger partial charge in [0.2, 0.25) is 0 Å². The highest BCUT2D eigenvalue weighted by Gasteiger charge is 2.07. The second kappa shape index (κ2) is 9.26. The van der Waals surface area contributed by atoms with Gasteiger partial charge in [0, 0.05) is 39.1 Å². The maximum absolute atomic E-state index is 4.63. The summed E-state index contributed by atoms with van der Waals surface area (Å²) in [5.41, 5.74) is 4.66. The van der Waals surface area contributed by atoms with Crippen molar-refractivity contribution in [3.8, 4) is 0 Å². The van der Waals surface area contributed by atoms with Crippen LogP contribution >= 0.6 is 0 Å². The summed E-state index contributed by atoms with van der Waals surface area (Å²) in [6, 6.07) is 18.6. The third-order valence-corrected chi connectivity index (χ3v) is 5.15. The molecule has 0 spiro atoms. The molecular formula is C23H27N7. The highest BCUT2D eigenvalue weighted by molar-refractivity contribution is 5.79. The fraction of sp³-hybridized carbons (Fsp3) is 0.261. The van der Waals surface area contributed by atoms with Crippen LogP contribution in [0.4, 0.5) is 0 Å². The number of benzene rings is 2. The first-order valence-electron chi connectivity index (χ1n) is 10.1. The minimum atomic E-state index is 0.699. The first kappa shape index (κ1) is 19.7. The Balaban J connectivity index is 1.34. The lowest BCUT2D eigenvalue weighted by atomic mass is 10.1. The number of para-hydroxylation sites is 2. The average Bonchev–Trinajstić information content (AvgIpc) is 3.39. The summed E-state index contributed by atoms with van der Waals surface area (Å²) in [4.78, 5) is 8.99. The zero-order chi connectivity index (χ0) is 20.8. The van der Waals surface area contributed by atoms with E-state index in [4.69, 9.17) is 0 Å². The van der Waals surface area contributed by atoms with Crippen molar-refractivity contribution < 1.29 is 0 Å². The number of aryl methyl sites for hydroxylation is 1. The summed E-state index contributed by atoms with van der Waals surface area (Å²) in [6.45, 7) is 5.08. The van der Waals surface area contributed by atoms with Crippen molar-refractivity contribution in [2.75, 3.05) is 13.6 Å². The fourth-order valence-electron chi connectivity index (χ4n) is 3.62. The van der Waals surface area contributed by atoms with Crippen LogP contribution in [0.2, 0.25) is 0 Å². The highest BCUT2D eigenvalue weighted by Crippen LogP contribution is 2.15. The molecule has 30 heavy (non-hydrogen) atoms.